The van der Waals surface area contributed by atoms with E-state index >= 15 is 0 Å². The third-order valence-electron chi connectivity index (χ3n) is 3.12. The molecule has 0 radical (unpaired) electrons. The van der Waals surface area contributed by atoms with Crippen LogP contribution >= 0.6 is 0 Å². The number of hydrogen-bond donors (Lipinski definition) is 0. The SMILES string of the molecule is CCOCCS(=O)(=O)N1CCN(C)c2ccncc21. The third kappa shape index (κ3) is 2.98. The molecule has 0 amide bonds. The predicted molar refractivity (Wildman–Crippen MR) is 75.1 cm³/mol. The topological polar surface area (TPSA) is 62.7 Å². The number of nitrogens with zero attached hydrogens (tertiary/aromatic N) is 3. The van der Waals surface area contributed by atoms with Crippen LogP contribution in [-0.4, -0.2) is 52.5 Å². The second-order valence-electron chi connectivity index (χ2n) is 4.37. The normalized spacial score (nSPS) is 15.5. The maximum atomic E-state index is 12.3. The Kier molecular flexibility index (Phi) is 4.26. The Labute approximate surface area is 114 Å². The van der Waals surface area contributed by atoms with Crippen molar-refractivity contribution < 1.29 is 13.2 Å². The zero-order valence-corrected chi connectivity index (χ0v) is 12.1. The molecule has 0 unspecified atom stereocenters. The van der Waals surface area contributed by atoms with E-state index in [1.165, 1.54) is 4.31 Å². The van der Waals surface area contributed by atoms with Crippen LogP contribution in [0.5, 0.6) is 0 Å². The lowest BCUT2D eigenvalue weighted by molar-refractivity contribution is 0.163. The van der Waals surface area contributed by atoms with Crippen LogP contribution in [0.25, 0.3) is 0 Å². The van der Waals surface area contributed by atoms with Crippen LogP contribution in [0.1, 0.15) is 6.92 Å². The lowest BCUT2D eigenvalue weighted by Crippen LogP contribution is -2.44. The number of fused-ring (bicyclic) bond motifs is 1. The minimum atomic E-state index is -3.35. The zero-order chi connectivity index (χ0) is 13.9. The number of aromatic nitrogens is 1. The molecule has 2 rings (SSSR count). The fraction of sp³-hybridized carbons (Fsp3) is 0.583. The Morgan fingerprint density at radius 1 is 1.37 bits per heavy atom. The lowest BCUT2D eigenvalue weighted by atomic mass is 10.2. The summed E-state index contributed by atoms with van der Waals surface area (Å²) >= 11 is 0. The standard InChI is InChI=1S/C12H19N3O3S/c1-3-18-8-9-19(16,17)15-7-6-14(2)11-4-5-13-10-12(11)15/h4-5,10H,3,6-9H2,1-2H3. The zero-order valence-electron chi connectivity index (χ0n) is 11.2. The number of hydrogen-bond acceptors (Lipinski definition) is 5. The summed E-state index contributed by atoms with van der Waals surface area (Å²) in [4.78, 5) is 6.06. The van der Waals surface area contributed by atoms with Crippen LogP contribution in [0.2, 0.25) is 0 Å². The van der Waals surface area contributed by atoms with Crippen molar-refractivity contribution in [1.29, 1.82) is 0 Å². The first-order valence-corrected chi connectivity index (χ1v) is 7.90. The third-order valence-corrected chi connectivity index (χ3v) is 4.86. The molecule has 1 aliphatic rings. The molecule has 2 heterocycles. The first kappa shape index (κ1) is 14.1. The summed E-state index contributed by atoms with van der Waals surface area (Å²) in [6, 6.07) is 1.83. The first-order chi connectivity index (χ1) is 9.06. The maximum absolute atomic E-state index is 12.3. The molecule has 1 aromatic rings. The average Bonchev–Trinajstić information content (AvgIpc) is 2.39. The monoisotopic (exact) mass is 285 g/mol. The molecule has 106 valence electrons. The molecule has 7 heteroatoms. The van der Waals surface area contributed by atoms with Gasteiger partial charge in [0, 0.05) is 26.4 Å². The van der Waals surface area contributed by atoms with Crippen LogP contribution in [0.15, 0.2) is 18.5 Å². The van der Waals surface area contributed by atoms with Crippen molar-refractivity contribution in [3.63, 3.8) is 0 Å². The number of ether oxygens (including phenoxy) is 1. The van der Waals surface area contributed by atoms with Gasteiger partial charge in [-0.3, -0.25) is 9.29 Å². The molecule has 19 heavy (non-hydrogen) atoms. The summed E-state index contributed by atoms with van der Waals surface area (Å²) in [5.74, 6) is -0.00110. The van der Waals surface area contributed by atoms with E-state index < -0.39 is 10.0 Å². The van der Waals surface area contributed by atoms with E-state index in [9.17, 15) is 8.42 Å². The van der Waals surface area contributed by atoms with Gasteiger partial charge in [-0.25, -0.2) is 8.42 Å². The van der Waals surface area contributed by atoms with Gasteiger partial charge < -0.3 is 9.64 Å². The number of sulfonamides is 1. The molecule has 0 saturated carbocycles. The van der Waals surface area contributed by atoms with Crippen molar-refractivity contribution in [1.82, 2.24) is 4.98 Å². The Hall–Kier alpha value is -1.34. The highest BCUT2D eigenvalue weighted by atomic mass is 32.2. The fourth-order valence-corrected chi connectivity index (χ4v) is 3.43. The summed E-state index contributed by atoms with van der Waals surface area (Å²) in [7, 11) is -1.40. The van der Waals surface area contributed by atoms with E-state index in [2.05, 4.69) is 4.98 Å². The molecule has 0 spiro atoms. The molecule has 6 nitrogen and oxygen atoms in total. The van der Waals surface area contributed by atoms with E-state index in [0.29, 0.717) is 25.4 Å². The quantitative estimate of drug-likeness (QED) is 0.745. The highest BCUT2D eigenvalue weighted by Crippen LogP contribution is 2.32. The average molecular weight is 285 g/mol. The van der Waals surface area contributed by atoms with Gasteiger partial charge in [-0.05, 0) is 13.0 Å². The van der Waals surface area contributed by atoms with Crippen molar-refractivity contribution >= 4 is 21.4 Å². The molecule has 0 N–H and O–H groups in total. The second kappa shape index (κ2) is 5.75. The van der Waals surface area contributed by atoms with E-state index in [4.69, 9.17) is 4.74 Å². The number of anilines is 2. The van der Waals surface area contributed by atoms with E-state index in [0.717, 1.165) is 5.69 Å². The molecular weight excluding hydrogens is 266 g/mol. The lowest BCUT2D eigenvalue weighted by Gasteiger charge is -2.35. The van der Waals surface area contributed by atoms with E-state index in [-0.39, 0.29) is 12.4 Å². The largest absolute Gasteiger partial charge is 0.381 e. The van der Waals surface area contributed by atoms with Gasteiger partial charge in [0.05, 0.1) is 36.5 Å². The highest BCUT2D eigenvalue weighted by molar-refractivity contribution is 7.92. The maximum Gasteiger partial charge on any atom is 0.237 e. The molecule has 0 aliphatic carbocycles. The number of likely N-dealkylation sites (N-methyl/N-ethyl adjacent to an activating group) is 1. The first-order valence-electron chi connectivity index (χ1n) is 6.29. The van der Waals surface area contributed by atoms with Crippen LogP contribution in [-0.2, 0) is 14.8 Å². The van der Waals surface area contributed by atoms with Crippen LogP contribution in [0, 0.1) is 0 Å². The van der Waals surface area contributed by atoms with Gasteiger partial charge in [-0.1, -0.05) is 0 Å². The Morgan fingerprint density at radius 2 is 2.16 bits per heavy atom. The fourth-order valence-electron chi connectivity index (χ4n) is 2.08. The molecule has 0 aromatic carbocycles. The summed E-state index contributed by atoms with van der Waals surface area (Å²) in [6.45, 7) is 3.72. The molecular formula is C12H19N3O3S. The Balaban J connectivity index is 2.24. The van der Waals surface area contributed by atoms with Gasteiger partial charge in [-0.2, -0.15) is 0 Å². The van der Waals surface area contributed by atoms with Gasteiger partial charge >= 0.3 is 0 Å². The minimum Gasteiger partial charge on any atom is -0.381 e. The van der Waals surface area contributed by atoms with Gasteiger partial charge in [0.15, 0.2) is 0 Å². The summed E-state index contributed by atoms with van der Waals surface area (Å²) in [5, 5.41) is 0. The molecule has 0 atom stereocenters. The summed E-state index contributed by atoms with van der Waals surface area (Å²) < 4.78 is 31.2. The van der Waals surface area contributed by atoms with E-state index in [1.807, 2.05) is 24.9 Å². The molecule has 0 fully saturated rings. The van der Waals surface area contributed by atoms with Crippen molar-refractivity contribution in [2.24, 2.45) is 0 Å². The summed E-state index contributed by atoms with van der Waals surface area (Å²) in [5.41, 5.74) is 1.54. The van der Waals surface area contributed by atoms with Crippen molar-refractivity contribution in [2.75, 3.05) is 48.3 Å². The predicted octanol–water partition coefficient (Wildman–Crippen LogP) is 0.704. The highest BCUT2D eigenvalue weighted by Gasteiger charge is 2.29. The van der Waals surface area contributed by atoms with Crippen molar-refractivity contribution in [3.8, 4) is 0 Å². The number of rotatable bonds is 5. The van der Waals surface area contributed by atoms with E-state index in [1.54, 1.807) is 12.4 Å². The van der Waals surface area contributed by atoms with Crippen molar-refractivity contribution in [3.05, 3.63) is 18.5 Å². The molecule has 1 aromatic heterocycles. The smallest absolute Gasteiger partial charge is 0.237 e. The van der Waals surface area contributed by atoms with Gasteiger partial charge in [-0.15, -0.1) is 0 Å². The minimum absolute atomic E-state index is 0.00110. The van der Waals surface area contributed by atoms with Gasteiger partial charge in [0.2, 0.25) is 10.0 Å². The van der Waals surface area contributed by atoms with Crippen LogP contribution < -0.4 is 9.21 Å². The Morgan fingerprint density at radius 3 is 2.89 bits per heavy atom. The van der Waals surface area contributed by atoms with Gasteiger partial charge in [0.25, 0.3) is 0 Å². The Bertz CT molecular complexity index is 533. The summed E-state index contributed by atoms with van der Waals surface area (Å²) in [6.07, 6.45) is 3.27. The molecule has 0 bridgehead atoms. The molecule has 1 aliphatic heterocycles. The van der Waals surface area contributed by atoms with Crippen LogP contribution in [0.3, 0.4) is 0 Å². The van der Waals surface area contributed by atoms with Crippen LogP contribution in [0.4, 0.5) is 11.4 Å². The molecule has 0 saturated heterocycles. The van der Waals surface area contributed by atoms with Gasteiger partial charge in [0.1, 0.15) is 0 Å². The number of pyridine rings is 1. The second-order valence-corrected chi connectivity index (χ2v) is 6.38. The van der Waals surface area contributed by atoms with Crippen molar-refractivity contribution in [2.45, 2.75) is 6.92 Å².